The van der Waals surface area contributed by atoms with Gasteiger partial charge in [-0.05, 0) is 37.1 Å². The molecule has 0 saturated heterocycles. The van der Waals surface area contributed by atoms with E-state index in [1.807, 2.05) is 31.2 Å². The zero-order valence-corrected chi connectivity index (χ0v) is 11.5. The first-order valence-electron chi connectivity index (χ1n) is 6.56. The molecule has 0 fully saturated rings. The number of benzene rings is 1. The number of nitrogens with one attached hydrogen (secondary N) is 1. The highest BCUT2D eigenvalue weighted by atomic mass is 16.5. The maximum atomic E-state index is 10.8. The lowest BCUT2D eigenvalue weighted by molar-refractivity contribution is -0.132. The third-order valence-electron chi connectivity index (χ3n) is 2.64. The topological polar surface area (TPSA) is 58.6 Å². The minimum absolute atomic E-state index is 0.426. The number of rotatable bonds is 8. The Balaban J connectivity index is 2.47. The van der Waals surface area contributed by atoms with Gasteiger partial charge in [0.25, 0.3) is 0 Å². The number of ether oxygens (including phenoxy) is 1. The summed E-state index contributed by atoms with van der Waals surface area (Å²) in [6, 6.07) is 7.65. The van der Waals surface area contributed by atoms with E-state index in [1.165, 1.54) is 0 Å². The van der Waals surface area contributed by atoms with Crippen LogP contribution in [-0.4, -0.2) is 24.2 Å². The molecular formula is C15H21NO3. The van der Waals surface area contributed by atoms with Gasteiger partial charge in [-0.2, -0.15) is 0 Å². The van der Waals surface area contributed by atoms with Gasteiger partial charge in [0.05, 0.1) is 6.61 Å². The Kier molecular flexibility index (Phi) is 6.50. The quantitative estimate of drug-likeness (QED) is 0.706. The minimum Gasteiger partial charge on any atom is -0.494 e. The van der Waals surface area contributed by atoms with Crippen LogP contribution in [0.3, 0.4) is 0 Å². The van der Waals surface area contributed by atoms with Gasteiger partial charge in [0, 0.05) is 17.8 Å². The predicted molar refractivity (Wildman–Crippen MR) is 76.7 cm³/mol. The summed E-state index contributed by atoms with van der Waals surface area (Å²) in [4.78, 5) is 10.8. The maximum absolute atomic E-state index is 10.8. The second kappa shape index (κ2) is 8.19. The zero-order chi connectivity index (χ0) is 14.1. The number of hydrogen-bond acceptors (Lipinski definition) is 3. The van der Waals surface area contributed by atoms with Crippen LogP contribution in [0.25, 0.3) is 0 Å². The lowest BCUT2D eigenvalue weighted by atomic mass is 10.2. The molecule has 0 unspecified atom stereocenters. The zero-order valence-electron chi connectivity index (χ0n) is 11.5. The molecule has 0 amide bonds. The Hall–Kier alpha value is -1.97. The van der Waals surface area contributed by atoms with E-state index >= 15 is 0 Å². The molecule has 0 aliphatic rings. The molecule has 2 N–H and O–H groups in total. The van der Waals surface area contributed by atoms with E-state index in [9.17, 15) is 4.79 Å². The molecule has 0 spiro atoms. The van der Waals surface area contributed by atoms with Crippen molar-refractivity contribution in [3.8, 4) is 5.75 Å². The molecule has 0 radical (unpaired) electrons. The molecule has 104 valence electrons. The largest absolute Gasteiger partial charge is 0.494 e. The molecule has 0 aliphatic carbocycles. The standard InChI is InChI=1S/C15H21NO3/c1-3-11-19-14-7-5-13(6-8-14)16-10-9-12(4-2)15(17)18/h5-9,16H,3-4,10-11H2,1-2H3,(H,17,18)/b12-9-. The summed E-state index contributed by atoms with van der Waals surface area (Å²) in [6.45, 7) is 5.12. The molecule has 0 aromatic heterocycles. The number of hydrogen-bond donors (Lipinski definition) is 2. The molecule has 0 aliphatic heterocycles. The van der Waals surface area contributed by atoms with Gasteiger partial charge in [0.15, 0.2) is 0 Å². The van der Waals surface area contributed by atoms with Crippen LogP contribution < -0.4 is 10.1 Å². The summed E-state index contributed by atoms with van der Waals surface area (Å²) in [5.41, 5.74) is 1.37. The highest BCUT2D eigenvalue weighted by Crippen LogP contribution is 2.15. The Labute approximate surface area is 114 Å². The van der Waals surface area contributed by atoms with E-state index in [0.717, 1.165) is 17.9 Å². The van der Waals surface area contributed by atoms with E-state index in [4.69, 9.17) is 9.84 Å². The van der Waals surface area contributed by atoms with Gasteiger partial charge in [-0.25, -0.2) is 4.79 Å². The van der Waals surface area contributed by atoms with Gasteiger partial charge in [-0.1, -0.05) is 19.9 Å². The van der Waals surface area contributed by atoms with E-state index in [2.05, 4.69) is 12.2 Å². The average molecular weight is 263 g/mol. The molecule has 4 nitrogen and oxygen atoms in total. The van der Waals surface area contributed by atoms with Gasteiger partial charge >= 0.3 is 5.97 Å². The van der Waals surface area contributed by atoms with Crippen LogP contribution in [0.15, 0.2) is 35.9 Å². The summed E-state index contributed by atoms with van der Waals surface area (Å²) < 4.78 is 5.48. The first kappa shape index (κ1) is 15.1. The van der Waals surface area contributed by atoms with Crippen LogP contribution in [0, 0.1) is 0 Å². The van der Waals surface area contributed by atoms with Crippen molar-refractivity contribution < 1.29 is 14.6 Å². The number of carbonyl (C=O) groups is 1. The fourth-order valence-electron chi connectivity index (χ4n) is 1.56. The minimum atomic E-state index is -0.854. The van der Waals surface area contributed by atoms with Crippen molar-refractivity contribution in [2.45, 2.75) is 26.7 Å². The average Bonchev–Trinajstić information content (AvgIpc) is 2.42. The van der Waals surface area contributed by atoms with Crippen LogP contribution in [0.5, 0.6) is 5.75 Å². The second-order valence-electron chi connectivity index (χ2n) is 4.14. The van der Waals surface area contributed by atoms with E-state index in [1.54, 1.807) is 6.08 Å². The number of anilines is 1. The number of carboxylic acid groups (broad SMARTS) is 1. The molecular weight excluding hydrogens is 242 g/mol. The molecule has 19 heavy (non-hydrogen) atoms. The van der Waals surface area contributed by atoms with Crippen molar-refractivity contribution >= 4 is 11.7 Å². The van der Waals surface area contributed by atoms with Gasteiger partial charge in [-0.15, -0.1) is 0 Å². The lowest BCUT2D eigenvalue weighted by Gasteiger charge is -2.07. The van der Waals surface area contributed by atoms with Crippen LogP contribution in [0.1, 0.15) is 26.7 Å². The normalized spacial score (nSPS) is 11.2. The van der Waals surface area contributed by atoms with Crippen LogP contribution in [-0.2, 0) is 4.79 Å². The fourth-order valence-corrected chi connectivity index (χ4v) is 1.56. The Morgan fingerprint density at radius 1 is 1.32 bits per heavy atom. The monoisotopic (exact) mass is 263 g/mol. The highest BCUT2D eigenvalue weighted by Gasteiger charge is 2.02. The van der Waals surface area contributed by atoms with Crippen LogP contribution in [0.2, 0.25) is 0 Å². The van der Waals surface area contributed by atoms with E-state index in [0.29, 0.717) is 25.1 Å². The van der Waals surface area contributed by atoms with Crippen LogP contribution >= 0.6 is 0 Å². The van der Waals surface area contributed by atoms with Gasteiger partial charge in [0.1, 0.15) is 5.75 Å². The Morgan fingerprint density at radius 3 is 2.53 bits per heavy atom. The van der Waals surface area contributed by atoms with Gasteiger partial charge < -0.3 is 15.2 Å². The molecule has 0 bridgehead atoms. The second-order valence-corrected chi connectivity index (χ2v) is 4.14. The third kappa shape index (κ3) is 5.46. The van der Waals surface area contributed by atoms with Crippen LogP contribution in [0.4, 0.5) is 5.69 Å². The van der Waals surface area contributed by atoms with E-state index in [-0.39, 0.29) is 0 Å². The molecule has 0 atom stereocenters. The van der Waals surface area contributed by atoms with Crippen molar-refractivity contribution in [3.05, 3.63) is 35.9 Å². The first-order chi connectivity index (χ1) is 9.17. The van der Waals surface area contributed by atoms with Gasteiger partial charge in [0.2, 0.25) is 0 Å². The highest BCUT2D eigenvalue weighted by molar-refractivity contribution is 5.86. The Bertz CT molecular complexity index is 424. The molecule has 4 heteroatoms. The van der Waals surface area contributed by atoms with Crippen molar-refractivity contribution in [3.63, 3.8) is 0 Å². The summed E-state index contributed by atoms with van der Waals surface area (Å²) in [7, 11) is 0. The number of carboxylic acids is 1. The predicted octanol–water partition coefficient (Wildman–Crippen LogP) is 3.31. The first-order valence-corrected chi connectivity index (χ1v) is 6.56. The number of aliphatic carboxylic acids is 1. The molecule has 0 saturated carbocycles. The van der Waals surface area contributed by atoms with Crippen molar-refractivity contribution in [2.75, 3.05) is 18.5 Å². The van der Waals surface area contributed by atoms with Gasteiger partial charge in [-0.3, -0.25) is 0 Å². The smallest absolute Gasteiger partial charge is 0.331 e. The third-order valence-corrected chi connectivity index (χ3v) is 2.64. The summed E-state index contributed by atoms with van der Waals surface area (Å²) in [5.74, 6) is -0.00432. The van der Waals surface area contributed by atoms with Crippen molar-refractivity contribution in [1.29, 1.82) is 0 Å². The molecule has 1 rings (SSSR count). The summed E-state index contributed by atoms with van der Waals surface area (Å²) >= 11 is 0. The summed E-state index contributed by atoms with van der Waals surface area (Å²) in [5, 5.41) is 12.0. The maximum Gasteiger partial charge on any atom is 0.331 e. The SMILES string of the molecule is CCCOc1ccc(NC/C=C(/CC)C(=O)O)cc1. The van der Waals surface area contributed by atoms with E-state index < -0.39 is 5.97 Å². The molecule has 0 heterocycles. The Morgan fingerprint density at radius 2 is 2.00 bits per heavy atom. The van der Waals surface area contributed by atoms with Crippen molar-refractivity contribution in [2.24, 2.45) is 0 Å². The lowest BCUT2D eigenvalue weighted by Crippen LogP contribution is -2.04. The fraction of sp³-hybridized carbons (Fsp3) is 0.400. The summed E-state index contributed by atoms with van der Waals surface area (Å²) in [6.07, 6.45) is 3.21. The molecule has 1 aromatic rings. The molecule has 1 aromatic carbocycles. The van der Waals surface area contributed by atoms with Crippen molar-refractivity contribution in [1.82, 2.24) is 0 Å².